The quantitative estimate of drug-likeness (QED) is 0.107. The molecule has 0 aromatic carbocycles. The minimum atomic E-state index is -1.90. The Bertz CT molecular complexity index is 1880. The molecule has 23 atom stereocenters. The highest BCUT2D eigenvalue weighted by molar-refractivity contribution is 5.84. The van der Waals surface area contributed by atoms with E-state index in [1.54, 1.807) is 0 Å². The van der Waals surface area contributed by atoms with Gasteiger partial charge in [0.1, 0.15) is 67.1 Å². The van der Waals surface area contributed by atoms with E-state index in [4.69, 9.17) is 28.4 Å². The Hall–Kier alpha value is -1.92. The van der Waals surface area contributed by atoms with Gasteiger partial charge in [-0.3, -0.25) is 9.59 Å². The van der Waals surface area contributed by atoms with E-state index in [1.165, 1.54) is 6.92 Å². The fraction of sp³-hybridized carbons (Fsp3) is 0.917. The highest BCUT2D eigenvalue weighted by atomic mass is 16.8. The lowest BCUT2D eigenvalue weighted by Gasteiger charge is -2.70. The molecular weight excluding hydrogens is 881 g/mol. The topological polar surface area (TPSA) is 312 Å². The predicted octanol–water partition coefficient (Wildman–Crippen LogP) is 0.799. The van der Waals surface area contributed by atoms with E-state index in [0.717, 1.165) is 12.0 Å². The van der Waals surface area contributed by atoms with Gasteiger partial charge in [0.15, 0.2) is 18.9 Å². The summed E-state index contributed by atoms with van der Waals surface area (Å²) in [4.78, 5) is 27.2. The van der Waals surface area contributed by atoms with E-state index in [-0.39, 0.29) is 35.0 Å². The molecule has 382 valence electrons. The Balaban J connectivity index is 1.00. The first-order valence-corrected chi connectivity index (χ1v) is 24.3. The number of ether oxygens (including phenoxy) is 6. The first-order valence-electron chi connectivity index (χ1n) is 24.3. The molecule has 0 amide bonds. The van der Waals surface area contributed by atoms with Crippen LogP contribution in [-0.2, 0) is 38.0 Å². The van der Waals surface area contributed by atoms with Crippen molar-refractivity contribution in [1.29, 1.82) is 0 Å². The molecule has 8 aliphatic rings. The highest BCUT2D eigenvalue weighted by Gasteiger charge is 2.73. The number of hydrogen-bond acceptors (Lipinski definition) is 17. The first-order chi connectivity index (χ1) is 31.3. The van der Waals surface area contributed by atoms with Gasteiger partial charge in [-0.25, -0.2) is 0 Å². The zero-order chi connectivity index (χ0) is 49.1. The van der Waals surface area contributed by atoms with Gasteiger partial charge >= 0.3 is 11.9 Å². The Labute approximate surface area is 391 Å². The molecule has 8 rings (SSSR count). The van der Waals surface area contributed by atoms with Crippen LogP contribution in [0.3, 0.4) is 0 Å². The van der Waals surface area contributed by atoms with E-state index in [1.807, 2.05) is 0 Å². The van der Waals surface area contributed by atoms with Crippen molar-refractivity contribution in [3.05, 3.63) is 11.6 Å². The summed E-state index contributed by atoms with van der Waals surface area (Å²) in [6, 6.07) is 0. The summed E-state index contributed by atoms with van der Waals surface area (Å²) in [5.74, 6) is -2.09. The SMILES string of the molecule is CC1OC(OC2C(CO)OC(OC3CCC4(C)C(CCC5(C)C4CC=C4C6CC(C)(C)CCC6(C(=O)O)CCC45C(=O)O)C3(C)C)C(O)C2O)C(OC2C(O)C(O)OC(CO)C2O)C(O)C1O. The zero-order valence-electron chi connectivity index (χ0n) is 39.7. The molecule has 19 nitrogen and oxygen atoms in total. The maximum Gasteiger partial charge on any atom is 0.314 e. The Morgan fingerprint density at radius 1 is 0.642 bits per heavy atom. The van der Waals surface area contributed by atoms with Gasteiger partial charge in [-0.05, 0) is 111 Å². The van der Waals surface area contributed by atoms with Gasteiger partial charge in [0.25, 0.3) is 0 Å². The van der Waals surface area contributed by atoms with Gasteiger partial charge in [-0.15, -0.1) is 0 Å². The second-order valence-electron chi connectivity index (χ2n) is 23.3. The second kappa shape index (κ2) is 18.0. The van der Waals surface area contributed by atoms with Crippen LogP contribution in [0.25, 0.3) is 0 Å². The molecule has 0 aromatic heterocycles. The van der Waals surface area contributed by atoms with Gasteiger partial charge in [0.2, 0.25) is 0 Å². The number of allylic oxidation sites excluding steroid dienone is 1. The molecule has 4 saturated carbocycles. The molecule has 19 heteroatoms. The molecule has 23 unspecified atom stereocenters. The lowest BCUT2D eigenvalue weighted by atomic mass is 9.33. The van der Waals surface area contributed by atoms with Crippen molar-refractivity contribution in [3.63, 3.8) is 0 Å². The average molecular weight is 957 g/mol. The summed E-state index contributed by atoms with van der Waals surface area (Å²) < 4.78 is 35.6. The number of aliphatic hydroxyl groups excluding tert-OH is 9. The molecule has 0 bridgehead atoms. The van der Waals surface area contributed by atoms with Crippen molar-refractivity contribution in [2.45, 2.75) is 211 Å². The Kier molecular flexibility index (Phi) is 13.8. The third-order valence-corrected chi connectivity index (χ3v) is 19.2. The van der Waals surface area contributed by atoms with Crippen LogP contribution in [0.15, 0.2) is 11.6 Å². The molecule has 11 N–H and O–H groups in total. The number of rotatable bonds is 10. The fourth-order valence-electron chi connectivity index (χ4n) is 15.3. The fourth-order valence-corrected chi connectivity index (χ4v) is 15.3. The maximum atomic E-state index is 14.0. The normalized spacial score (nSPS) is 52.7. The summed E-state index contributed by atoms with van der Waals surface area (Å²) in [6.07, 6.45) is -17.1. The number of carboxylic acid groups (broad SMARTS) is 2. The second-order valence-corrected chi connectivity index (χ2v) is 23.3. The van der Waals surface area contributed by atoms with Crippen molar-refractivity contribution in [2.24, 2.45) is 50.2 Å². The minimum Gasteiger partial charge on any atom is -0.481 e. The lowest BCUT2D eigenvalue weighted by molar-refractivity contribution is -0.380. The number of carbonyl (C=O) groups is 2. The van der Waals surface area contributed by atoms with Gasteiger partial charge < -0.3 is 84.6 Å². The molecule has 7 fully saturated rings. The van der Waals surface area contributed by atoms with Crippen molar-refractivity contribution in [3.8, 4) is 0 Å². The summed E-state index contributed by atoms with van der Waals surface area (Å²) >= 11 is 0. The molecule has 3 aliphatic heterocycles. The van der Waals surface area contributed by atoms with Crippen LogP contribution in [0.1, 0.15) is 113 Å². The molecule has 0 spiro atoms. The third kappa shape index (κ3) is 7.88. The number of hydrogen-bond donors (Lipinski definition) is 11. The van der Waals surface area contributed by atoms with Crippen molar-refractivity contribution >= 4 is 11.9 Å². The van der Waals surface area contributed by atoms with E-state index in [0.29, 0.717) is 51.4 Å². The maximum absolute atomic E-state index is 14.0. The van der Waals surface area contributed by atoms with Crippen LogP contribution < -0.4 is 0 Å². The number of aliphatic hydroxyl groups is 9. The zero-order valence-corrected chi connectivity index (χ0v) is 39.7. The van der Waals surface area contributed by atoms with Crippen LogP contribution in [0.2, 0.25) is 0 Å². The minimum absolute atomic E-state index is 0.0222. The number of fused-ring (bicyclic) bond motifs is 7. The van der Waals surface area contributed by atoms with Gasteiger partial charge in [-0.2, -0.15) is 0 Å². The molecule has 67 heavy (non-hydrogen) atoms. The van der Waals surface area contributed by atoms with Crippen LogP contribution in [0.4, 0.5) is 0 Å². The van der Waals surface area contributed by atoms with E-state index >= 15 is 0 Å². The molecule has 0 radical (unpaired) electrons. The van der Waals surface area contributed by atoms with Gasteiger partial charge in [0.05, 0.1) is 36.3 Å². The molecule has 0 aromatic rings. The largest absolute Gasteiger partial charge is 0.481 e. The van der Waals surface area contributed by atoms with Gasteiger partial charge in [0, 0.05) is 0 Å². The smallest absolute Gasteiger partial charge is 0.314 e. The van der Waals surface area contributed by atoms with Crippen molar-refractivity contribution in [1.82, 2.24) is 0 Å². The Morgan fingerprint density at radius 3 is 1.94 bits per heavy atom. The monoisotopic (exact) mass is 956 g/mol. The third-order valence-electron chi connectivity index (χ3n) is 19.2. The van der Waals surface area contributed by atoms with E-state index < -0.39 is 145 Å². The van der Waals surface area contributed by atoms with Crippen LogP contribution in [0, 0.1) is 50.2 Å². The van der Waals surface area contributed by atoms with Crippen LogP contribution in [-0.4, -0.2) is 180 Å². The average Bonchev–Trinajstić information content (AvgIpc) is 3.26. The van der Waals surface area contributed by atoms with Crippen LogP contribution >= 0.6 is 0 Å². The first kappa shape index (κ1) is 51.4. The van der Waals surface area contributed by atoms with E-state index in [9.17, 15) is 65.8 Å². The highest BCUT2D eigenvalue weighted by Crippen LogP contribution is 2.76. The molecule has 3 heterocycles. The van der Waals surface area contributed by atoms with Crippen molar-refractivity contribution < 1.29 is 94.2 Å². The predicted molar refractivity (Wildman–Crippen MR) is 231 cm³/mol. The number of aliphatic carboxylic acids is 2. The summed E-state index contributed by atoms with van der Waals surface area (Å²) in [6.45, 7) is 12.8. The molecule has 3 saturated heterocycles. The number of carboxylic acids is 2. The summed E-state index contributed by atoms with van der Waals surface area (Å²) in [5, 5.41) is 119. The summed E-state index contributed by atoms with van der Waals surface area (Å²) in [5.41, 5.74) is -3.09. The standard InChI is InChI=1S/C48H76O19/c1-21-29(51)31(53)37(66-36-30(52)24(19-49)63-38(57)34(36)56)40(62-21)67-35-25(20-50)64-39(33(55)32(35)54)65-28-11-12-45(6)26(44(28,4)5)10-13-46(7)27(45)9-8-22-23-18-43(2,3)14-15-47(23,41(58)59)16-17-48(22,46)42(60)61/h8,21,23-40,49-57H,9-20H2,1-7H3,(H,58,59)(H,60,61). The Morgan fingerprint density at radius 2 is 1.30 bits per heavy atom. The molecular formula is C48H76O19. The lowest BCUT2D eigenvalue weighted by Crippen LogP contribution is -2.68. The van der Waals surface area contributed by atoms with E-state index in [2.05, 4.69) is 47.6 Å². The van der Waals surface area contributed by atoms with Crippen LogP contribution in [0.5, 0.6) is 0 Å². The molecule has 5 aliphatic carbocycles. The van der Waals surface area contributed by atoms with Gasteiger partial charge in [-0.1, -0.05) is 53.2 Å². The van der Waals surface area contributed by atoms with Crippen molar-refractivity contribution in [2.75, 3.05) is 13.2 Å². The summed E-state index contributed by atoms with van der Waals surface area (Å²) in [7, 11) is 0.